The Morgan fingerprint density at radius 3 is 2.14 bits per heavy atom. The molecule has 9 heteroatoms. The van der Waals surface area contributed by atoms with Gasteiger partial charge in [0.2, 0.25) is 11.8 Å². The van der Waals surface area contributed by atoms with Crippen LogP contribution in [-0.4, -0.2) is 44.3 Å². The third kappa shape index (κ3) is 8.27. The molecule has 1 unspecified atom stereocenters. The van der Waals surface area contributed by atoms with E-state index in [-0.39, 0.29) is 23.8 Å². The predicted octanol–water partition coefficient (Wildman–Crippen LogP) is 6.32. The lowest BCUT2D eigenvalue weighted by Gasteiger charge is -2.34. The Bertz CT molecular complexity index is 1680. The number of amides is 2. The van der Waals surface area contributed by atoms with Gasteiger partial charge in [-0.1, -0.05) is 96.9 Å². The number of benzene rings is 4. The van der Waals surface area contributed by atoms with Crippen molar-refractivity contribution in [1.29, 1.82) is 0 Å². The minimum Gasteiger partial charge on any atom is -0.354 e. The minimum absolute atomic E-state index is 0.0581. The van der Waals surface area contributed by atoms with Crippen LogP contribution in [0.25, 0.3) is 0 Å². The van der Waals surface area contributed by atoms with Crippen LogP contribution in [-0.2, 0) is 32.6 Å². The molecular formula is C35H38ClN3O4S. The van der Waals surface area contributed by atoms with E-state index in [1.165, 1.54) is 17.0 Å². The number of rotatable bonds is 13. The molecule has 2 amide bonds. The Kier molecular flexibility index (Phi) is 11.2. The van der Waals surface area contributed by atoms with Crippen LogP contribution in [0.2, 0.25) is 5.02 Å². The van der Waals surface area contributed by atoms with E-state index >= 15 is 0 Å². The van der Waals surface area contributed by atoms with Gasteiger partial charge in [0.15, 0.2) is 0 Å². The first-order chi connectivity index (χ1) is 21.1. The molecule has 0 spiro atoms. The maximum absolute atomic E-state index is 14.5. The summed E-state index contributed by atoms with van der Waals surface area (Å²) < 4.78 is 29.4. The van der Waals surface area contributed by atoms with Crippen LogP contribution >= 0.6 is 11.6 Å². The van der Waals surface area contributed by atoms with Gasteiger partial charge in [0, 0.05) is 24.5 Å². The summed E-state index contributed by atoms with van der Waals surface area (Å²) in [5.74, 6) is -0.827. The molecule has 0 saturated heterocycles. The van der Waals surface area contributed by atoms with E-state index in [1.54, 1.807) is 42.5 Å². The molecule has 0 radical (unpaired) electrons. The van der Waals surface area contributed by atoms with Crippen molar-refractivity contribution in [1.82, 2.24) is 10.2 Å². The molecule has 0 aromatic heterocycles. The molecule has 0 bridgehead atoms. The zero-order valence-electron chi connectivity index (χ0n) is 25.2. The van der Waals surface area contributed by atoms with Crippen molar-refractivity contribution in [3.8, 4) is 0 Å². The highest BCUT2D eigenvalue weighted by Crippen LogP contribution is 2.28. The van der Waals surface area contributed by atoms with Gasteiger partial charge in [-0.05, 0) is 67.3 Å². The second-order valence-electron chi connectivity index (χ2n) is 10.8. The van der Waals surface area contributed by atoms with Gasteiger partial charge in [-0.25, -0.2) is 8.42 Å². The van der Waals surface area contributed by atoms with Gasteiger partial charge in [0.05, 0.1) is 10.6 Å². The van der Waals surface area contributed by atoms with Gasteiger partial charge in [0.1, 0.15) is 12.6 Å². The van der Waals surface area contributed by atoms with E-state index < -0.39 is 28.5 Å². The van der Waals surface area contributed by atoms with Crippen LogP contribution in [0.5, 0.6) is 0 Å². The Balaban J connectivity index is 1.81. The van der Waals surface area contributed by atoms with Crippen LogP contribution in [0.15, 0.2) is 108 Å². The Labute approximate surface area is 265 Å². The van der Waals surface area contributed by atoms with E-state index in [1.807, 2.05) is 69.3 Å². The average molecular weight is 632 g/mol. The van der Waals surface area contributed by atoms with Crippen LogP contribution in [0.4, 0.5) is 5.69 Å². The number of nitrogens with zero attached hydrogens (tertiary/aromatic N) is 2. The van der Waals surface area contributed by atoms with Crippen molar-refractivity contribution in [2.24, 2.45) is 0 Å². The van der Waals surface area contributed by atoms with Gasteiger partial charge in [-0.3, -0.25) is 13.9 Å². The topological polar surface area (TPSA) is 86.8 Å². The van der Waals surface area contributed by atoms with Crippen LogP contribution < -0.4 is 9.62 Å². The smallest absolute Gasteiger partial charge is 0.264 e. The van der Waals surface area contributed by atoms with Crippen LogP contribution in [0.3, 0.4) is 0 Å². The number of carbonyl (C=O) groups excluding carboxylic acids is 2. The number of aryl methyl sites for hydroxylation is 2. The third-order valence-corrected chi connectivity index (χ3v) is 9.30. The number of carbonyl (C=O) groups is 2. The first-order valence-corrected chi connectivity index (χ1v) is 16.4. The van der Waals surface area contributed by atoms with Gasteiger partial charge < -0.3 is 10.2 Å². The first kappa shape index (κ1) is 32.8. The average Bonchev–Trinajstić information content (AvgIpc) is 3.01. The monoisotopic (exact) mass is 631 g/mol. The largest absolute Gasteiger partial charge is 0.354 e. The summed E-state index contributed by atoms with van der Waals surface area (Å²) >= 11 is 6.30. The second kappa shape index (κ2) is 15.0. The van der Waals surface area contributed by atoms with Crippen molar-refractivity contribution >= 4 is 39.1 Å². The number of nitrogens with one attached hydrogen (secondary N) is 1. The first-order valence-electron chi connectivity index (χ1n) is 14.6. The lowest BCUT2D eigenvalue weighted by molar-refractivity contribution is -0.140. The minimum atomic E-state index is -4.15. The molecular weight excluding hydrogens is 594 g/mol. The molecule has 1 N–H and O–H groups in total. The maximum Gasteiger partial charge on any atom is 0.264 e. The SMILES string of the molecule is CCCNC(=O)C(Cc1ccccc1)N(Cc1cccc(Cl)c1)C(=O)CN(c1ccc(C)cc1C)S(=O)(=O)c1ccccc1. The molecule has 7 nitrogen and oxygen atoms in total. The molecule has 0 saturated carbocycles. The fraction of sp³-hybridized carbons (Fsp3) is 0.257. The van der Waals surface area contributed by atoms with Crippen molar-refractivity contribution in [3.05, 3.63) is 130 Å². The summed E-state index contributed by atoms with van der Waals surface area (Å²) in [7, 11) is -4.15. The maximum atomic E-state index is 14.5. The standard InChI is InChI=1S/C35H38ClN3O4S/c1-4-20-37-35(41)33(23-28-12-7-5-8-13-28)38(24-29-14-11-15-30(36)22-29)34(40)25-39(32-19-18-26(2)21-27(32)3)44(42,43)31-16-9-6-10-17-31/h5-19,21-22,33H,4,20,23-25H2,1-3H3,(H,37,41). The Morgan fingerprint density at radius 1 is 0.841 bits per heavy atom. The van der Waals surface area contributed by atoms with Crippen LogP contribution in [0.1, 0.15) is 35.6 Å². The zero-order chi connectivity index (χ0) is 31.7. The predicted molar refractivity (Wildman–Crippen MR) is 176 cm³/mol. The van der Waals surface area contributed by atoms with Gasteiger partial charge in [-0.2, -0.15) is 0 Å². The molecule has 230 valence electrons. The lowest BCUT2D eigenvalue weighted by Crippen LogP contribution is -2.53. The Morgan fingerprint density at radius 2 is 1.50 bits per heavy atom. The van der Waals surface area contributed by atoms with Gasteiger partial charge in [0.25, 0.3) is 10.0 Å². The normalized spacial score (nSPS) is 11.9. The zero-order valence-corrected chi connectivity index (χ0v) is 26.8. The second-order valence-corrected chi connectivity index (χ2v) is 13.1. The fourth-order valence-electron chi connectivity index (χ4n) is 5.07. The number of hydrogen-bond acceptors (Lipinski definition) is 4. The van der Waals surface area contributed by atoms with E-state index in [2.05, 4.69) is 5.32 Å². The summed E-state index contributed by atoms with van der Waals surface area (Å²) in [6.07, 6.45) is 0.972. The number of anilines is 1. The molecule has 0 aliphatic carbocycles. The molecule has 0 fully saturated rings. The highest BCUT2D eigenvalue weighted by molar-refractivity contribution is 7.92. The highest BCUT2D eigenvalue weighted by Gasteiger charge is 2.35. The number of halogens is 1. The van der Waals surface area contributed by atoms with Crippen molar-refractivity contribution in [3.63, 3.8) is 0 Å². The highest BCUT2D eigenvalue weighted by atomic mass is 35.5. The van der Waals surface area contributed by atoms with Gasteiger partial charge >= 0.3 is 0 Å². The van der Waals surface area contributed by atoms with Crippen molar-refractivity contribution in [2.75, 3.05) is 17.4 Å². The molecule has 4 rings (SSSR count). The van der Waals surface area contributed by atoms with Gasteiger partial charge in [-0.15, -0.1) is 0 Å². The van der Waals surface area contributed by atoms with E-state index in [9.17, 15) is 18.0 Å². The number of hydrogen-bond donors (Lipinski definition) is 1. The lowest BCUT2D eigenvalue weighted by atomic mass is 10.0. The summed E-state index contributed by atoms with van der Waals surface area (Å²) in [4.78, 5) is 29.7. The number of sulfonamides is 1. The van der Waals surface area contributed by atoms with E-state index in [0.717, 1.165) is 27.4 Å². The molecule has 0 aliphatic heterocycles. The molecule has 1 atom stereocenters. The fourth-order valence-corrected chi connectivity index (χ4v) is 6.78. The third-order valence-electron chi connectivity index (χ3n) is 7.29. The van der Waals surface area contributed by atoms with Crippen molar-refractivity contribution < 1.29 is 18.0 Å². The van der Waals surface area contributed by atoms with E-state index in [4.69, 9.17) is 11.6 Å². The van der Waals surface area contributed by atoms with Crippen molar-refractivity contribution in [2.45, 2.75) is 51.1 Å². The Hall–Kier alpha value is -4.14. The quantitative estimate of drug-likeness (QED) is 0.187. The molecule has 44 heavy (non-hydrogen) atoms. The molecule has 4 aromatic rings. The summed E-state index contributed by atoms with van der Waals surface area (Å²) in [6, 6.07) is 29.1. The summed E-state index contributed by atoms with van der Waals surface area (Å²) in [5, 5.41) is 3.44. The van der Waals surface area contributed by atoms with E-state index in [0.29, 0.717) is 22.8 Å². The summed E-state index contributed by atoms with van der Waals surface area (Å²) in [6.45, 7) is 5.70. The molecule has 0 aliphatic rings. The summed E-state index contributed by atoms with van der Waals surface area (Å²) in [5.41, 5.74) is 3.66. The molecule has 4 aromatic carbocycles. The molecule has 0 heterocycles. The van der Waals surface area contributed by atoms with Crippen LogP contribution in [0, 0.1) is 13.8 Å².